The highest BCUT2D eigenvalue weighted by atomic mass is 79.9. The summed E-state index contributed by atoms with van der Waals surface area (Å²) in [7, 11) is 0. The van der Waals surface area contributed by atoms with Gasteiger partial charge in [0, 0.05) is 23.6 Å². The number of hydrogen-bond acceptors (Lipinski definition) is 2. The summed E-state index contributed by atoms with van der Waals surface area (Å²) < 4.78 is 14.4. The normalized spacial score (nSPS) is 19.5. The van der Waals surface area contributed by atoms with Crippen molar-refractivity contribution >= 4 is 15.9 Å². The molecule has 1 heterocycles. The van der Waals surface area contributed by atoms with Gasteiger partial charge in [-0.1, -0.05) is 29.3 Å². The zero-order chi connectivity index (χ0) is 14.4. The fraction of sp³-hybridized carbons (Fsp3) is 0.625. The summed E-state index contributed by atoms with van der Waals surface area (Å²) in [5.74, 6) is -0.157. The Hall–Kier alpha value is -0.450. The predicted octanol–water partition coefficient (Wildman–Crippen LogP) is 3.94. The van der Waals surface area contributed by atoms with Crippen molar-refractivity contribution in [3.63, 3.8) is 0 Å². The molecule has 1 aliphatic heterocycles. The van der Waals surface area contributed by atoms with Crippen LogP contribution in [0.2, 0.25) is 0 Å². The van der Waals surface area contributed by atoms with Crippen LogP contribution < -0.4 is 5.32 Å². The highest BCUT2D eigenvalue weighted by Crippen LogP contribution is 2.20. The molecule has 2 nitrogen and oxygen atoms in total. The molecule has 1 fully saturated rings. The van der Waals surface area contributed by atoms with Crippen LogP contribution in [0, 0.1) is 5.82 Å². The van der Waals surface area contributed by atoms with E-state index in [1.165, 1.54) is 25.3 Å². The van der Waals surface area contributed by atoms with Crippen molar-refractivity contribution in [3.8, 4) is 0 Å². The zero-order valence-corrected chi connectivity index (χ0v) is 13.8. The van der Waals surface area contributed by atoms with Gasteiger partial charge in [-0.2, -0.15) is 0 Å². The average Bonchev–Trinajstić information content (AvgIpc) is 2.44. The van der Waals surface area contributed by atoms with Crippen LogP contribution in [-0.2, 0) is 6.54 Å². The van der Waals surface area contributed by atoms with E-state index in [1.54, 1.807) is 12.1 Å². The van der Waals surface area contributed by atoms with Crippen molar-refractivity contribution in [3.05, 3.63) is 34.1 Å². The molecular weight excluding hydrogens is 319 g/mol. The summed E-state index contributed by atoms with van der Waals surface area (Å²) in [4.78, 5) is 2.43. The number of piperidine rings is 1. The van der Waals surface area contributed by atoms with Crippen LogP contribution in [0.5, 0.6) is 0 Å². The third kappa shape index (κ3) is 4.83. The fourth-order valence-corrected chi connectivity index (χ4v) is 3.22. The highest BCUT2D eigenvalue weighted by molar-refractivity contribution is 9.10. The van der Waals surface area contributed by atoms with E-state index < -0.39 is 0 Å². The Kier molecular flexibility index (Phi) is 6.46. The van der Waals surface area contributed by atoms with E-state index in [2.05, 4.69) is 33.1 Å². The molecule has 0 saturated carbocycles. The Balaban J connectivity index is 1.98. The summed E-state index contributed by atoms with van der Waals surface area (Å²) >= 11 is 3.53. The van der Waals surface area contributed by atoms with Crippen molar-refractivity contribution in [2.24, 2.45) is 0 Å². The molecule has 1 N–H and O–H groups in total. The van der Waals surface area contributed by atoms with Crippen LogP contribution in [0.3, 0.4) is 0 Å². The monoisotopic (exact) mass is 342 g/mol. The minimum absolute atomic E-state index is 0.157. The molecule has 0 aromatic heterocycles. The van der Waals surface area contributed by atoms with E-state index >= 15 is 0 Å². The standard InChI is InChI=1S/C16H24BrFN2/c1-2-9-20(12-15-5-3-4-8-19-15)11-13-10-14(18)6-7-16(13)17/h6-7,10,15,19H,2-5,8-9,11-12H2,1H3. The largest absolute Gasteiger partial charge is 0.313 e. The van der Waals surface area contributed by atoms with Gasteiger partial charge in [-0.05, 0) is 56.1 Å². The lowest BCUT2D eigenvalue weighted by atomic mass is 10.0. The van der Waals surface area contributed by atoms with E-state index in [9.17, 15) is 4.39 Å². The molecule has 0 amide bonds. The minimum atomic E-state index is -0.157. The first-order valence-corrected chi connectivity index (χ1v) is 8.38. The molecule has 2 rings (SSSR count). The lowest BCUT2D eigenvalue weighted by Crippen LogP contribution is -2.43. The number of nitrogens with zero attached hydrogens (tertiary/aromatic N) is 1. The van der Waals surface area contributed by atoms with E-state index in [0.29, 0.717) is 6.04 Å². The summed E-state index contributed by atoms with van der Waals surface area (Å²) in [6.07, 6.45) is 4.99. The molecule has 1 saturated heterocycles. The fourth-order valence-electron chi connectivity index (χ4n) is 2.85. The third-order valence-electron chi connectivity index (χ3n) is 3.83. The van der Waals surface area contributed by atoms with E-state index in [0.717, 1.165) is 42.6 Å². The lowest BCUT2D eigenvalue weighted by molar-refractivity contribution is 0.216. The van der Waals surface area contributed by atoms with Crippen LogP contribution in [0.15, 0.2) is 22.7 Å². The molecule has 1 aromatic carbocycles. The smallest absolute Gasteiger partial charge is 0.123 e. The summed E-state index contributed by atoms with van der Waals surface area (Å²) in [6.45, 7) is 6.25. The summed E-state index contributed by atoms with van der Waals surface area (Å²) in [5, 5.41) is 3.59. The maximum Gasteiger partial charge on any atom is 0.123 e. The molecule has 0 spiro atoms. The average molecular weight is 343 g/mol. The highest BCUT2D eigenvalue weighted by Gasteiger charge is 2.17. The van der Waals surface area contributed by atoms with Gasteiger partial charge in [0.05, 0.1) is 0 Å². The maximum absolute atomic E-state index is 13.4. The Labute approximate surface area is 129 Å². The molecule has 1 aliphatic rings. The van der Waals surface area contributed by atoms with Crippen molar-refractivity contribution in [1.82, 2.24) is 10.2 Å². The molecule has 1 unspecified atom stereocenters. The second-order valence-electron chi connectivity index (χ2n) is 5.62. The first-order valence-electron chi connectivity index (χ1n) is 7.58. The SMILES string of the molecule is CCCN(Cc1cc(F)ccc1Br)CC1CCCCN1. The first-order chi connectivity index (χ1) is 9.69. The third-order valence-corrected chi connectivity index (χ3v) is 4.61. The Bertz CT molecular complexity index is 419. The van der Waals surface area contributed by atoms with Gasteiger partial charge in [0.15, 0.2) is 0 Å². The molecule has 1 atom stereocenters. The predicted molar refractivity (Wildman–Crippen MR) is 85.3 cm³/mol. The van der Waals surface area contributed by atoms with Crippen LogP contribution in [0.25, 0.3) is 0 Å². The van der Waals surface area contributed by atoms with Gasteiger partial charge < -0.3 is 5.32 Å². The number of hydrogen-bond donors (Lipinski definition) is 1. The molecule has 0 bridgehead atoms. The first kappa shape index (κ1) is 15.9. The van der Waals surface area contributed by atoms with E-state index in [-0.39, 0.29) is 5.82 Å². The van der Waals surface area contributed by atoms with Crippen LogP contribution in [-0.4, -0.2) is 30.6 Å². The Morgan fingerprint density at radius 1 is 1.40 bits per heavy atom. The quantitative estimate of drug-likeness (QED) is 0.842. The summed E-state index contributed by atoms with van der Waals surface area (Å²) in [5.41, 5.74) is 1.04. The molecule has 20 heavy (non-hydrogen) atoms. The molecular formula is C16H24BrFN2. The topological polar surface area (TPSA) is 15.3 Å². The number of rotatable bonds is 6. The molecule has 4 heteroatoms. The minimum Gasteiger partial charge on any atom is -0.313 e. The van der Waals surface area contributed by atoms with Gasteiger partial charge in [0.2, 0.25) is 0 Å². The summed E-state index contributed by atoms with van der Waals surface area (Å²) in [6, 6.07) is 5.53. The van der Waals surface area contributed by atoms with Crippen molar-refractivity contribution in [2.45, 2.75) is 45.2 Å². The van der Waals surface area contributed by atoms with Crippen LogP contribution in [0.1, 0.15) is 38.2 Å². The van der Waals surface area contributed by atoms with Crippen molar-refractivity contribution in [2.75, 3.05) is 19.6 Å². The second kappa shape index (κ2) is 8.11. The Morgan fingerprint density at radius 2 is 2.25 bits per heavy atom. The van der Waals surface area contributed by atoms with Crippen molar-refractivity contribution in [1.29, 1.82) is 0 Å². The molecule has 0 aliphatic carbocycles. The van der Waals surface area contributed by atoms with Gasteiger partial charge in [-0.25, -0.2) is 4.39 Å². The molecule has 1 aromatic rings. The van der Waals surface area contributed by atoms with Crippen molar-refractivity contribution < 1.29 is 4.39 Å². The van der Waals surface area contributed by atoms with Crippen LogP contribution >= 0.6 is 15.9 Å². The van der Waals surface area contributed by atoms with E-state index in [1.807, 2.05) is 0 Å². The maximum atomic E-state index is 13.4. The van der Waals surface area contributed by atoms with E-state index in [4.69, 9.17) is 0 Å². The van der Waals surface area contributed by atoms with Gasteiger partial charge >= 0.3 is 0 Å². The number of benzene rings is 1. The van der Waals surface area contributed by atoms with Gasteiger partial charge in [-0.15, -0.1) is 0 Å². The van der Waals surface area contributed by atoms with Gasteiger partial charge in [0.1, 0.15) is 5.82 Å². The number of nitrogens with one attached hydrogen (secondary N) is 1. The van der Waals surface area contributed by atoms with Gasteiger partial charge in [0.25, 0.3) is 0 Å². The lowest BCUT2D eigenvalue weighted by Gasteiger charge is -2.30. The number of halogens is 2. The van der Waals surface area contributed by atoms with Crippen LogP contribution in [0.4, 0.5) is 4.39 Å². The zero-order valence-electron chi connectivity index (χ0n) is 12.2. The molecule has 0 radical (unpaired) electrons. The molecule has 112 valence electrons. The van der Waals surface area contributed by atoms with Gasteiger partial charge in [-0.3, -0.25) is 4.90 Å². The second-order valence-corrected chi connectivity index (χ2v) is 6.47. The Morgan fingerprint density at radius 3 is 2.95 bits per heavy atom.